The summed E-state index contributed by atoms with van der Waals surface area (Å²) >= 11 is 0. The fourth-order valence-electron chi connectivity index (χ4n) is 2.42. The minimum atomic E-state index is -3.66. The second-order valence-corrected chi connectivity index (χ2v) is 8.04. The molecule has 3 rings (SSSR count). The van der Waals surface area contributed by atoms with Gasteiger partial charge in [0.2, 0.25) is 5.89 Å². The third-order valence-corrected chi connectivity index (χ3v) is 5.31. The molecule has 0 amide bonds. The highest BCUT2D eigenvalue weighted by molar-refractivity contribution is 7.92. The molecule has 1 N–H and O–H groups in total. The van der Waals surface area contributed by atoms with E-state index in [0.29, 0.717) is 29.6 Å². The van der Waals surface area contributed by atoms with E-state index >= 15 is 0 Å². The van der Waals surface area contributed by atoms with Crippen molar-refractivity contribution in [2.75, 3.05) is 11.8 Å². The van der Waals surface area contributed by atoms with Gasteiger partial charge < -0.3 is 9.26 Å². The van der Waals surface area contributed by atoms with Crippen LogP contribution >= 0.6 is 0 Å². The smallest absolute Gasteiger partial charge is 0.261 e. The van der Waals surface area contributed by atoms with E-state index in [4.69, 9.17) is 9.26 Å². The maximum atomic E-state index is 12.5. The Hall–Kier alpha value is -2.87. The first-order valence-electron chi connectivity index (χ1n) is 8.45. The zero-order valence-electron chi connectivity index (χ0n) is 15.3. The largest absolute Gasteiger partial charge is 0.497 e. The molecule has 0 fully saturated rings. The molecule has 0 aliphatic heterocycles. The lowest BCUT2D eigenvalue weighted by Crippen LogP contribution is -2.12. The van der Waals surface area contributed by atoms with Crippen LogP contribution in [0.5, 0.6) is 5.75 Å². The first-order valence-corrected chi connectivity index (χ1v) is 9.94. The van der Waals surface area contributed by atoms with Crippen LogP contribution in [0.3, 0.4) is 0 Å². The first-order chi connectivity index (χ1) is 12.9. The third-order valence-electron chi connectivity index (χ3n) is 3.92. The zero-order valence-corrected chi connectivity index (χ0v) is 16.2. The van der Waals surface area contributed by atoms with Gasteiger partial charge in [-0.05, 0) is 42.0 Å². The Morgan fingerprint density at radius 3 is 2.30 bits per heavy atom. The van der Waals surface area contributed by atoms with Crippen LogP contribution in [-0.2, 0) is 16.4 Å². The number of rotatable bonds is 7. The second kappa shape index (κ2) is 7.79. The number of benzene rings is 2. The van der Waals surface area contributed by atoms with E-state index in [0.717, 1.165) is 5.56 Å². The van der Waals surface area contributed by atoms with Crippen molar-refractivity contribution in [2.45, 2.75) is 31.1 Å². The lowest BCUT2D eigenvalue weighted by atomic mass is 10.1. The number of hydrogen-bond acceptors (Lipinski definition) is 6. The van der Waals surface area contributed by atoms with Crippen LogP contribution in [0.1, 0.15) is 37.0 Å². The number of anilines is 1. The average molecular weight is 387 g/mol. The second-order valence-electron chi connectivity index (χ2n) is 6.36. The average Bonchev–Trinajstić information content (AvgIpc) is 3.12. The van der Waals surface area contributed by atoms with Crippen molar-refractivity contribution in [1.82, 2.24) is 10.1 Å². The van der Waals surface area contributed by atoms with Crippen molar-refractivity contribution in [2.24, 2.45) is 0 Å². The van der Waals surface area contributed by atoms with Gasteiger partial charge in [0, 0.05) is 18.0 Å². The van der Waals surface area contributed by atoms with Crippen LogP contribution in [0.15, 0.2) is 57.9 Å². The maximum absolute atomic E-state index is 12.5. The van der Waals surface area contributed by atoms with Crippen molar-refractivity contribution in [3.8, 4) is 5.75 Å². The zero-order chi connectivity index (χ0) is 19.4. The van der Waals surface area contributed by atoms with Crippen LogP contribution in [-0.4, -0.2) is 25.7 Å². The van der Waals surface area contributed by atoms with Gasteiger partial charge >= 0.3 is 0 Å². The molecule has 7 nitrogen and oxygen atoms in total. The van der Waals surface area contributed by atoms with Crippen molar-refractivity contribution in [3.63, 3.8) is 0 Å². The monoisotopic (exact) mass is 387 g/mol. The van der Waals surface area contributed by atoms with Crippen molar-refractivity contribution < 1.29 is 17.7 Å². The van der Waals surface area contributed by atoms with Gasteiger partial charge in [-0.1, -0.05) is 31.1 Å². The van der Waals surface area contributed by atoms with Crippen molar-refractivity contribution >= 4 is 15.7 Å². The summed E-state index contributed by atoms with van der Waals surface area (Å²) in [7, 11) is -2.13. The Labute approximate surface area is 158 Å². The van der Waals surface area contributed by atoms with E-state index in [-0.39, 0.29) is 10.8 Å². The number of hydrogen-bond donors (Lipinski definition) is 1. The molecule has 0 aliphatic rings. The van der Waals surface area contributed by atoms with Gasteiger partial charge in [0.1, 0.15) is 5.75 Å². The van der Waals surface area contributed by atoms with Crippen LogP contribution in [0.4, 0.5) is 5.69 Å². The molecule has 0 bridgehead atoms. The molecule has 0 saturated heterocycles. The Bertz CT molecular complexity index is 994. The van der Waals surface area contributed by atoms with E-state index in [2.05, 4.69) is 14.9 Å². The lowest BCUT2D eigenvalue weighted by Gasteiger charge is -2.09. The summed E-state index contributed by atoms with van der Waals surface area (Å²) < 4.78 is 37.7. The summed E-state index contributed by atoms with van der Waals surface area (Å²) in [6.07, 6.45) is 0.516. The Kier molecular flexibility index (Phi) is 5.46. The molecule has 0 aliphatic carbocycles. The fraction of sp³-hybridized carbons (Fsp3) is 0.263. The fourth-order valence-corrected chi connectivity index (χ4v) is 3.47. The molecule has 2 aromatic carbocycles. The van der Waals surface area contributed by atoms with Crippen LogP contribution in [0.25, 0.3) is 0 Å². The Morgan fingerprint density at radius 1 is 1.07 bits per heavy atom. The SMILES string of the molecule is COc1ccc(S(=O)(=O)Nc2ccc(Cc3noc(C(C)C)n3)cc2)cc1. The number of ether oxygens (including phenoxy) is 1. The summed E-state index contributed by atoms with van der Waals surface area (Å²) in [5.41, 5.74) is 1.43. The third kappa shape index (κ3) is 4.65. The van der Waals surface area contributed by atoms with Gasteiger partial charge in [0.25, 0.3) is 10.0 Å². The highest BCUT2D eigenvalue weighted by atomic mass is 32.2. The van der Waals surface area contributed by atoms with E-state index < -0.39 is 10.0 Å². The van der Waals surface area contributed by atoms with Gasteiger partial charge in [-0.15, -0.1) is 0 Å². The van der Waals surface area contributed by atoms with Crippen LogP contribution in [0, 0.1) is 0 Å². The predicted octanol–water partition coefficient (Wildman–Crippen LogP) is 3.59. The number of nitrogens with zero attached hydrogens (tertiary/aromatic N) is 2. The van der Waals surface area contributed by atoms with Gasteiger partial charge in [-0.3, -0.25) is 4.72 Å². The quantitative estimate of drug-likeness (QED) is 0.666. The molecule has 8 heteroatoms. The minimum absolute atomic E-state index is 0.167. The molecule has 3 aromatic rings. The topological polar surface area (TPSA) is 94.3 Å². The number of nitrogens with one attached hydrogen (secondary N) is 1. The van der Waals surface area contributed by atoms with Crippen molar-refractivity contribution in [3.05, 3.63) is 65.8 Å². The Balaban J connectivity index is 1.68. The highest BCUT2D eigenvalue weighted by Gasteiger charge is 2.15. The molecule has 0 unspecified atom stereocenters. The number of methoxy groups -OCH3 is 1. The molecule has 0 atom stereocenters. The van der Waals surface area contributed by atoms with E-state index in [1.54, 1.807) is 24.3 Å². The van der Waals surface area contributed by atoms with Crippen LogP contribution in [0.2, 0.25) is 0 Å². The lowest BCUT2D eigenvalue weighted by molar-refractivity contribution is 0.361. The normalized spacial score (nSPS) is 11.6. The van der Waals surface area contributed by atoms with E-state index in [1.807, 2.05) is 26.0 Å². The minimum Gasteiger partial charge on any atom is -0.497 e. The summed E-state index contributed by atoms with van der Waals surface area (Å²) in [5.74, 6) is 1.99. The van der Waals surface area contributed by atoms with Gasteiger partial charge in [-0.25, -0.2) is 8.42 Å². The predicted molar refractivity (Wildman–Crippen MR) is 101 cm³/mol. The molecule has 27 heavy (non-hydrogen) atoms. The van der Waals surface area contributed by atoms with E-state index in [9.17, 15) is 8.42 Å². The van der Waals surface area contributed by atoms with Crippen molar-refractivity contribution in [1.29, 1.82) is 0 Å². The van der Waals surface area contributed by atoms with Gasteiger partial charge in [0.05, 0.1) is 12.0 Å². The first kappa shape index (κ1) is 18.9. The molecule has 0 spiro atoms. The summed E-state index contributed by atoms with van der Waals surface area (Å²) in [4.78, 5) is 4.51. The standard InChI is InChI=1S/C19H21N3O4S/c1-13(2)19-20-18(21-26-19)12-14-4-6-15(7-5-14)22-27(23,24)17-10-8-16(25-3)9-11-17/h4-11,13,22H,12H2,1-3H3. The van der Waals surface area contributed by atoms with Gasteiger partial charge in [-0.2, -0.15) is 4.98 Å². The number of aromatic nitrogens is 2. The molecule has 0 radical (unpaired) electrons. The summed E-state index contributed by atoms with van der Waals surface area (Å²) in [6.45, 7) is 3.97. The molecular formula is C19H21N3O4S. The van der Waals surface area contributed by atoms with E-state index in [1.165, 1.54) is 19.2 Å². The molecular weight excluding hydrogens is 366 g/mol. The Morgan fingerprint density at radius 2 is 1.74 bits per heavy atom. The van der Waals surface area contributed by atoms with Crippen LogP contribution < -0.4 is 9.46 Å². The number of sulfonamides is 1. The molecule has 1 heterocycles. The molecule has 0 saturated carbocycles. The summed E-state index contributed by atoms with van der Waals surface area (Å²) in [6, 6.07) is 13.3. The molecule has 142 valence electrons. The highest BCUT2D eigenvalue weighted by Crippen LogP contribution is 2.20. The van der Waals surface area contributed by atoms with Gasteiger partial charge in [0.15, 0.2) is 5.82 Å². The summed E-state index contributed by atoms with van der Waals surface area (Å²) in [5, 5.41) is 3.96. The maximum Gasteiger partial charge on any atom is 0.261 e. The molecule has 1 aromatic heterocycles.